The van der Waals surface area contributed by atoms with E-state index in [0.29, 0.717) is 28.6 Å². The minimum Gasteiger partial charge on any atom is -0.497 e. The normalized spacial score (nSPS) is 10.7. The van der Waals surface area contributed by atoms with Crippen molar-refractivity contribution in [1.29, 1.82) is 5.26 Å². The smallest absolute Gasteiger partial charge is 0.161 e. The van der Waals surface area contributed by atoms with Crippen molar-refractivity contribution in [2.45, 2.75) is 0 Å². The van der Waals surface area contributed by atoms with E-state index in [1.165, 1.54) is 0 Å². The first-order chi connectivity index (χ1) is 11.7. The molecule has 0 atom stereocenters. The molecule has 0 aliphatic carbocycles. The lowest BCUT2D eigenvalue weighted by molar-refractivity contribution is 0.355. The van der Waals surface area contributed by atoms with Crippen LogP contribution in [0.15, 0.2) is 36.4 Å². The van der Waals surface area contributed by atoms with Crippen LogP contribution in [0.2, 0.25) is 0 Å². The molecule has 0 bridgehead atoms. The van der Waals surface area contributed by atoms with E-state index in [2.05, 4.69) is 6.07 Å². The highest BCUT2D eigenvalue weighted by molar-refractivity contribution is 5.91. The lowest BCUT2D eigenvalue weighted by Gasteiger charge is -2.10. The predicted molar refractivity (Wildman–Crippen MR) is 92.6 cm³/mol. The van der Waals surface area contributed by atoms with Gasteiger partial charge < -0.3 is 18.9 Å². The van der Waals surface area contributed by atoms with Gasteiger partial charge in [-0.15, -0.1) is 0 Å². The summed E-state index contributed by atoms with van der Waals surface area (Å²) in [5.41, 5.74) is 2.00. The van der Waals surface area contributed by atoms with Gasteiger partial charge in [0.25, 0.3) is 0 Å². The summed E-state index contributed by atoms with van der Waals surface area (Å²) in [6.07, 6.45) is 1.76. The third kappa shape index (κ3) is 3.61. The van der Waals surface area contributed by atoms with Gasteiger partial charge in [0.05, 0.1) is 40.1 Å². The van der Waals surface area contributed by atoms with Crippen molar-refractivity contribution in [2.24, 2.45) is 0 Å². The van der Waals surface area contributed by atoms with Crippen LogP contribution in [0.3, 0.4) is 0 Å². The van der Waals surface area contributed by atoms with E-state index >= 15 is 0 Å². The molecule has 2 rings (SSSR count). The first-order valence-corrected chi connectivity index (χ1v) is 7.23. The second-order valence-corrected chi connectivity index (χ2v) is 4.85. The maximum absolute atomic E-state index is 9.54. The van der Waals surface area contributed by atoms with Crippen LogP contribution >= 0.6 is 0 Å². The average molecular weight is 325 g/mol. The van der Waals surface area contributed by atoms with Crippen LogP contribution in [0.5, 0.6) is 23.0 Å². The summed E-state index contributed by atoms with van der Waals surface area (Å²) in [6.45, 7) is 0. The Hall–Kier alpha value is -3.13. The van der Waals surface area contributed by atoms with Crippen LogP contribution in [0.4, 0.5) is 0 Å². The monoisotopic (exact) mass is 325 g/mol. The molecule has 0 aromatic heterocycles. The highest BCUT2D eigenvalue weighted by Crippen LogP contribution is 2.32. The third-order valence-corrected chi connectivity index (χ3v) is 3.56. The molecule has 0 saturated carbocycles. The highest BCUT2D eigenvalue weighted by Gasteiger charge is 2.10. The Balaban J connectivity index is 2.49. The van der Waals surface area contributed by atoms with Gasteiger partial charge in [-0.2, -0.15) is 5.26 Å². The van der Waals surface area contributed by atoms with Crippen LogP contribution in [-0.4, -0.2) is 28.4 Å². The number of ether oxygens (including phenoxy) is 4. The largest absolute Gasteiger partial charge is 0.497 e. The lowest BCUT2D eigenvalue weighted by atomic mass is 10.0. The third-order valence-electron chi connectivity index (χ3n) is 3.56. The molecule has 0 N–H and O–H groups in total. The number of allylic oxidation sites excluding steroid dienone is 1. The molecule has 2 aromatic carbocycles. The maximum Gasteiger partial charge on any atom is 0.161 e. The standard InChI is InChI=1S/C19H19NO4/c1-21-16-7-5-14(18(11-16)23-3)9-15(12-20)13-6-8-17(22-2)19(10-13)24-4/h5-11H,1-4H3/b15-9+. The number of nitrogens with zero attached hydrogens (tertiary/aromatic N) is 1. The number of benzene rings is 2. The molecule has 0 saturated heterocycles. The minimum absolute atomic E-state index is 0.486. The molecule has 0 aliphatic rings. The van der Waals surface area contributed by atoms with Gasteiger partial charge in [-0.1, -0.05) is 0 Å². The fraction of sp³-hybridized carbons (Fsp3) is 0.211. The Morgan fingerprint density at radius 2 is 1.54 bits per heavy atom. The fourth-order valence-electron chi connectivity index (χ4n) is 2.28. The van der Waals surface area contributed by atoms with Gasteiger partial charge in [0.2, 0.25) is 0 Å². The number of rotatable bonds is 6. The van der Waals surface area contributed by atoms with Gasteiger partial charge in [-0.3, -0.25) is 0 Å². The van der Waals surface area contributed by atoms with Crippen molar-refractivity contribution in [3.05, 3.63) is 47.5 Å². The highest BCUT2D eigenvalue weighted by atomic mass is 16.5. The average Bonchev–Trinajstić information content (AvgIpc) is 2.65. The quantitative estimate of drug-likeness (QED) is 0.597. The Morgan fingerprint density at radius 3 is 2.12 bits per heavy atom. The number of hydrogen-bond acceptors (Lipinski definition) is 5. The van der Waals surface area contributed by atoms with Crippen LogP contribution in [0, 0.1) is 11.3 Å². The number of methoxy groups -OCH3 is 4. The zero-order valence-corrected chi connectivity index (χ0v) is 14.1. The summed E-state index contributed by atoms with van der Waals surface area (Å²) in [7, 11) is 6.30. The van der Waals surface area contributed by atoms with E-state index in [-0.39, 0.29) is 0 Å². The van der Waals surface area contributed by atoms with E-state index in [0.717, 1.165) is 11.1 Å². The molecule has 124 valence electrons. The van der Waals surface area contributed by atoms with Gasteiger partial charge in [-0.25, -0.2) is 0 Å². The zero-order valence-electron chi connectivity index (χ0n) is 14.1. The van der Waals surface area contributed by atoms with E-state index in [9.17, 15) is 5.26 Å². The molecule has 2 aromatic rings. The molecule has 5 nitrogen and oxygen atoms in total. The van der Waals surface area contributed by atoms with Gasteiger partial charge >= 0.3 is 0 Å². The fourth-order valence-corrected chi connectivity index (χ4v) is 2.28. The first-order valence-electron chi connectivity index (χ1n) is 7.23. The molecule has 0 radical (unpaired) electrons. The summed E-state index contributed by atoms with van der Waals surface area (Å²) in [5.74, 6) is 2.50. The molecule has 5 heteroatoms. The van der Waals surface area contributed by atoms with Crippen molar-refractivity contribution in [3.8, 4) is 29.1 Å². The van der Waals surface area contributed by atoms with E-state index < -0.39 is 0 Å². The van der Waals surface area contributed by atoms with E-state index in [1.54, 1.807) is 52.7 Å². The Kier molecular flexibility index (Phi) is 5.69. The topological polar surface area (TPSA) is 60.7 Å². The van der Waals surface area contributed by atoms with Crippen molar-refractivity contribution < 1.29 is 18.9 Å². The molecular weight excluding hydrogens is 306 g/mol. The van der Waals surface area contributed by atoms with Crippen molar-refractivity contribution in [3.63, 3.8) is 0 Å². The Labute approximate surface area is 141 Å². The first kappa shape index (κ1) is 17.2. The van der Waals surface area contributed by atoms with Crippen molar-refractivity contribution in [2.75, 3.05) is 28.4 Å². The molecule has 0 spiro atoms. The van der Waals surface area contributed by atoms with Gasteiger partial charge in [0, 0.05) is 11.6 Å². The van der Waals surface area contributed by atoms with Gasteiger partial charge in [0.15, 0.2) is 11.5 Å². The van der Waals surface area contributed by atoms with Crippen LogP contribution in [0.1, 0.15) is 11.1 Å². The SMILES string of the molecule is COc1ccc(/C=C(\C#N)c2ccc(OC)c(OC)c2)c(OC)c1. The molecule has 0 heterocycles. The molecule has 0 aliphatic heterocycles. The second-order valence-electron chi connectivity index (χ2n) is 4.85. The number of hydrogen-bond donors (Lipinski definition) is 0. The Bertz CT molecular complexity index is 790. The summed E-state index contributed by atoms with van der Waals surface area (Å²) < 4.78 is 21.1. The molecule has 0 amide bonds. The summed E-state index contributed by atoms with van der Waals surface area (Å²) in [5, 5.41) is 9.54. The summed E-state index contributed by atoms with van der Waals surface area (Å²) in [4.78, 5) is 0. The molecule has 0 fully saturated rings. The van der Waals surface area contributed by atoms with Crippen molar-refractivity contribution >= 4 is 11.6 Å². The molecule has 0 unspecified atom stereocenters. The second kappa shape index (κ2) is 7.93. The van der Waals surface area contributed by atoms with Crippen LogP contribution in [0.25, 0.3) is 11.6 Å². The maximum atomic E-state index is 9.54. The Morgan fingerprint density at radius 1 is 0.833 bits per heavy atom. The molecular formula is C19H19NO4. The lowest BCUT2D eigenvalue weighted by Crippen LogP contribution is -1.93. The van der Waals surface area contributed by atoms with Gasteiger partial charge in [0.1, 0.15) is 11.5 Å². The molecule has 24 heavy (non-hydrogen) atoms. The van der Waals surface area contributed by atoms with Crippen LogP contribution < -0.4 is 18.9 Å². The summed E-state index contributed by atoms with van der Waals surface area (Å²) >= 11 is 0. The van der Waals surface area contributed by atoms with E-state index in [1.807, 2.05) is 18.2 Å². The predicted octanol–water partition coefficient (Wildman–Crippen LogP) is 3.79. The zero-order chi connectivity index (χ0) is 17.5. The number of nitriles is 1. The van der Waals surface area contributed by atoms with Gasteiger partial charge in [-0.05, 0) is 42.0 Å². The summed E-state index contributed by atoms with van der Waals surface area (Å²) in [6, 6.07) is 13.0. The van der Waals surface area contributed by atoms with Crippen molar-refractivity contribution in [1.82, 2.24) is 0 Å². The van der Waals surface area contributed by atoms with Crippen LogP contribution in [-0.2, 0) is 0 Å². The van der Waals surface area contributed by atoms with E-state index in [4.69, 9.17) is 18.9 Å². The minimum atomic E-state index is 0.486.